The highest BCUT2D eigenvalue weighted by molar-refractivity contribution is 6.00. The van der Waals surface area contributed by atoms with Crippen LogP contribution >= 0.6 is 0 Å². The van der Waals surface area contributed by atoms with Crippen molar-refractivity contribution in [2.75, 3.05) is 11.9 Å². The fraction of sp³-hybridized carbons (Fsp3) is 0.154. The molecule has 2 aromatic rings. The Bertz CT molecular complexity index is 639. The molecule has 0 bridgehead atoms. The van der Waals surface area contributed by atoms with E-state index in [-0.39, 0.29) is 6.54 Å². The van der Waals surface area contributed by atoms with Gasteiger partial charge in [-0.25, -0.2) is 9.59 Å². The second kappa shape index (κ2) is 5.98. The Kier molecular flexibility index (Phi) is 4.11. The number of aliphatic carboxylic acids is 1. The Morgan fingerprint density at radius 3 is 2.80 bits per heavy atom. The van der Waals surface area contributed by atoms with Crippen LogP contribution in [0.3, 0.4) is 0 Å². The first kappa shape index (κ1) is 13.8. The summed E-state index contributed by atoms with van der Waals surface area (Å²) in [7, 11) is 0. The van der Waals surface area contributed by atoms with Crippen molar-refractivity contribution in [1.29, 1.82) is 0 Å². The van der Waals surface area contributed by atoms with Gasteiger partial charge in [0.25, 0.3) is 0 Å². The molecule has 4 N–H and O–H groups in total. The lowest BCUT2D eigenvalue weighted by Crippen LogP contribution is -2.38. The van der Waals surface area contributed by atoms with Crippen LogP contribution in [0.1, 0.15) is 0 Å². The summed E-state index contributed by atoms with van der Waals surface area (Å²) in [6.07, 6.45) is 0.0185. The predicted molar refractivity (Wildman–Crippen MR) is 72.4 cm³/mol. The monoisotopic (exact) mass is 275 g/mol. The zero-order valence-electron chi connectivity index (χ0n) is 10.4. The molecule has 2 rings (SSSR count). The van der Waals surface area contributed by atoms with Gasteiger partial charge >= 0.3 is 12.0 Å². The molecule has 20 heavy (non-hydrogen) atoms. The van der Waals surface area contributed by atoms with Gasteiger partial charge in [-0.3, -0.25) is 4.98 Å². The van der Waals surface area contributed by atoms with E-state index in [1.807, 2.05) is 12.1 Å². The van der Waals surface area contributed by atoms with Crippen LogP contribution in [-0.2, 0) is 4.79 Å². The van der Waals surface area contributed by atoms with Crippen molar-refractivity contribution in [3.8, 4) is 0 Å². The van der Waals surface area contributed by atoms with Crippen molar-refractivity contribution in [1.82, 2.24) is 10.3 Å². The number of pyridine rings is 1. The van der Waals surface area contributed by atoms with Crippen molar-refractivity contribution in [3.63, 3.8) is 0 Å². The van der Waals surface area contributed by atoms with Crippen LogP contribution in [0.15, 0.2) is 36.5 Å². The van der Waals surface area contributed by atoms with Crippen LogP contribution in [0.4, 0.5) is 10.5 Å². The van der Waals surface area contributed by atoms with E-state index < -0.39 is 18.1 Å². The number of nitrogens with one attached hydrogen (secondary N) is 2. The number of benzene rings is 1. The lowest BCUT2D eigenvalue weighted by Gasteiger charge is -2.11. The third-order valence-corrected chi connectivity index (χ3v) is 2.63. The van der Waals surface area contributed by atoms with E-state index in [1.54, 1.807) is 24.4 Å². The minimum atomic E-state index is -1.63. The molecule has 0 radical (unpaired) electrons. The van der Waals surface area contributed by atoms with Crippen molar-refractivity contribution in [2.45, 2.75) is 6.10 Å². The van der Waals surface area contributed by atoms with Crippen molar-refractivity contribution in [3.05, 3.63) is 36.5 Å². The van der Waals surface area contributed by atoms with Gasteiger partial charge in [-0.05, 0) is 24.3 Å². The molecule has 0 spiro atoms. The summed E-state index contributed by atoms with van der Waals surface area (Å²) in [6.45, 7) is -0.371. The van der Waals surface area contributed by atoms with Crippen LogP contribution in [-0.4, -0.2) is 39.8 Å². The minimum Gasteiger partial charge on any atom is -0.479 e. The summed E-state index contributed by atoms with van der Waals surface area (Å²) in [5.41, 5.74) is 1.29. The van der Waals surface area contributed by atoms with Gasteiger partial charge in [0.05, 0.1) is 17.7 Å². The topological polar surface area (TPSA) is 112 Å². The van der Waals surface area contributed by atoms with Crippen LogP contribution in [0.5, 0.6) is 0 Å². The number of aliphatic hydroxyl groups excluding tert-OH is 1. The number of urea groups is 1. The summed E-state index contributed by atoms with van der Waals surface area (Å²) in [5.74, 6) is -1.39. The van der Waals surface area contributed by atoms with Gasteiger partial charge < -0.3 is 20.8 Å². The number of hydrogen-bond acceptors (Lipinski definition) is 4. The molecule has 0 fully saturated rings. The molecule has 0 aliphatic heterocycles. The van der Waals surface area contributed by atoms with E-state index in [2.05, 4.69) is 15.6 Å². The van der Waals surface area contributed by atoms with Gasteiger partial charge in [0.1, 0.15) is 0 Å². The average Bonchev–Trinajstić information content (AvgIpc) is 2.45. The number of fused-ring (bicyclic) bond motifs is 1. The normalized spacial score (nSPS) is 11.8. The van der Waals surface area contributed by atoms with E-state index in [4.69, 9.17) is 10.2 Å². The van der Waals surface area contributed by atoms with Gasteiger partial charge in [0.2, 0.25) is 0 Å². The number of amides is 2. The highest BCUT2D eigenvalue weighted by Crippen LogP contribution is 2.20. The quantitative estimate of drug-likeness (QED) is 0.659. The van der Waals surface area contributed by atoms with Gasteiger partial charge in [0.15, 0.2) is 6.10 Å². The number of carboxylic acid groups (broad SMARTS) is 1. The lowest BCUT2D eigenvalue weighted by molar-refractivity contribution is -0.146. The largest absolute Gasteiger partial charge is 0.479 e. The number of carbonyl (C=O) groups is 2. The number of aromatic nitrogens is 1. The maximum absolute atomic E-state index is 11.6. The molecular formula is C13H13N3O4. The molecule has 1 atom stereocenters. The Morgan fingerprint density at radius 2 is 2.05 bits per heavy atom. The SMILES string of the molecule is O=C(NC[C@H](O)C(=O)O)Nc1cccc2ncccc12. The molecule has 0 saturated carbocycles. The summed E-state index contributed by atoms with van der Waals surface area (Å²) in [4.78, 5) is 26.2. The maximum Gasteiger partial charge on any atom is 0.334 e. The molecule has 0 unspecified atom stereocenters. The average molecular weight is 275 g/mol. The standard InChI is InChI=1S/C13H13N3O4/c17-11(12(18)19)7-15-13(20)16-10-5-1-4-9-8(10)3-2-6-14-9/h1-6,11,17H,7H2,(H,18,19)(H2,15,16,20)/t11-/m0/s1. The molecule has 7 heteroatoms. The predicted octanol–water partition coefficient (Wildman–Crippen LogP) is 0.802. The van der Waals surface area contributed by atoms with Crippen LogP contribution in [0.25, 0.3) is 10.9 Å². The number of anilines is 1. The Morgan fingerprint density at radius 1 is 1.25 bits per heavy atom. The van der Waals surface area contributed by atoms with Crippen molar-refractivity contribution < 1.29 is 19.8 Å². The molecule has 0 aliphatic rings. The molecule has 104 valence electrons. The van der Waals surface area contributed by atoms with Gasteiger partial charge in [0, 0.05) is 11.6 Å². The third kappa shape index (κ3) is 3.21. The molecule has 0 aliphatic carbocycles. The number of aliphatic hydroxyl groups is 1. The molecular weight excluding hydrogens is 262 g/mol. The minimum absolute atomic E-state index is 0.371. The fourth-order valence-electron chi connectivity index (χ4n) is 1.66. The van der Waals surface area contributed by atoms with Gasteiger partial charge in [-0.1, -0.05) is 6.07 Å². The first-order valence-electron chi connectivity index (χ1n) is 5.87. The van der Waals surface area contributed by atoms with Gasteiger partial charge in [-0.15, -0.1) is 0 Å². The fourth-order valence-corrected chi connectivity index (χ4v) is 1.66. The summed E-state index contributed by atoms with van der Waals surface area (Å²) >= 11 is 0. The van der Waals surface area contributed by atoms with E-state index in [0.29, 0.717) is 5.69 Å². The van der Waals surface area contributed by atoms with E-state index >= 15 is 0 Å². The molecule has 1 heterocycles. The number of nitrogens with zero attached hydrogens (tertiary/aromatic N) is 1. The van der Waals surface area contributed by atoms with Crippen molar-refractivity contribution >= 4 is 28.6 Å². The number of carboxylic acids is 1. The van der Waals surface area contributed by atoms with E-state index in [1.165, 1.54) is 0 Å². The van der Waals surface area contributed by atoms with Gasteiger partial charge in [-0.2, -0.15) is 0 Å². The summed E-state index contributed by atoms with van der Waals surface area (Å²) in [6, 6.07) is 8.23. The van der Waals surface area contributed by atoms with Crippen LogP contribution in [0, 0.1) is 0 Å². The second-order valence-electron chi connectivity index (χ2n) is 4.06. The Labute approximate surface area is 114 Å². The summed E-state index contributed by atoms with van der Waals surface area (Å²) < 4.78 is 0. The zero-order chi connectivity index (χ0) is 14.5. The maximum atomic E-state index is 11.6. The first-order valence-corrected chi connectivity index (χ1v) is 5.87. The number of hydrogen-bond donors (Lipinski definition) is 4. The molecule has 0 saturated heterocycles. The molecule has 7 nitrogen and oxygen atoms in total. The van der Waals surface area contributed by atoms with E-state index in [0.717, 1.165) is 10.9 Å². The second-order valence-corrected chi connectivity index (χ2v) is 4.06. The molecule has 2 amide bonds. The summed E-state index contributed by atoms with van der Waals surface area (Å²) in [5, 5.41) is 23.2. The van der Waals surface area contributed by atoms with Crippen LogP contribution in [0.2, 0.25) is 0 Å². The molecule has 1 aromatic heterocycles. The Balaban J connectivity index is 2.05. The third-order valence-electron chi connectivity index (χ3n) is 2.63. The Hall–Kier alpha value is -2.67. The number of rotatable bonds is 4. The smallest absolute Gasteiger partial charge is 0.334 e. The van der Waals surface area contributed by atoms with E-state index in [9.17, 15) is 9.59 Å². The molecule has 1 aromatic carbocycles. The van der Waals surface area contributed by atoms with Crippen molar-refractivity contribution in [2.24, 2.45) is 0 Å². The highest BCUT2D eigenvalue weighted by atomic mass is 16.4. The number of carbonyl (C=O) groups excluding carboxylic acids is 1. The first-order chi connectivity index (χ1) is 9.58. The highest BCUT2D eigenvalue weighted by Gasteiger charge is 2.14. The zero-order valence-corrected chi connectivity index (χ0v) is 10.4. The lowest BCUT2D eigenvalue weighted by atomic mass is 10.2. The van der Waals surface area contributed by atoms with Crippen LogP contribution < -0.4 is 10.6 Å².